The van der Waals surface area contributed by atoms with Crippen molar-refractivity contribution in [1.29, 1.82) is 0 Å². The van der Waals surface area contributed by atoms with Gasteiger partial charge in [-0.05, 0) is 39.3 Å². The Kier molecular flexibility index (Phi) is 3.07. The van der Waals surface area contributed by atoms with Crippen LogP contribution in [0.15, 0.2) is 12.1 Å². The maximum Gasteiger partial charge on any atom is 0.412 e. The van der Waals surface area contributed by atoms with Crippen molar-refractivity contribution < 1.29 is 14.6 Å². The second kappa shape index (κ2) is 4.40. The second-order valence-electron chi connectivity index (χ2n) is 5.29. The zero-order valence-electron chi connectivity index (χ0n) is 10.8. The van der Waals surface area contributed by atoms with Gasteiger partial charge in [0.05, 0.1) is 5.69 Å². The fourth-order valence-corrected chi connectivity index (χ4v) is 1.93. The van der Waals surface area contributed by atoms with Gasteiger partial charge < -0.3 is 15.2 Å². The number of ether oxygens (including phenoxy) is 1. The Morgan fingerprint density at radius 3 is 2.83 bits per heavy atom. The van der Waals surface area contributed by atoms with Crippen LogP contribution in [-0.4, -0.2) is 23.3 Å². The van der Waals surface area contributed by atoms with E-state index in [1.807, 2.05) is 0 Å². The van der Waals surface area contributed by atoms with Crippen molar-refractivity contribution in [3.63, 3.8) is 0 Å². The number of nitrogens with one attached hydrogen (secondary N) is 2. The highest BCUT2D eigenvalue weighted by Crippen LogP contribution is 2.36. The van der Waals surface area contributed by atoms with Crippen molar-refractivity contribution in [3.8, 4) is 5.75 Å². The van der Waals surface area contributed by atoms with Crippen molar-refractivity contribution in [2.75, 3.05) is 17.2 Å². The topological polar surface area (TPSA) is 70.6 Å². The average molecular weight is 250 g/mol. The molecule has 0 saturated heterocycles. The van der Waals surface area contributed by atoms with E-state index < -0.39 is 11.7 Å². The predicted octanol–water partition coefficient (Wildman–Crippen LogP) is 2.71. The molecule has 1 heterocycles. The Bertz CT molecular complexity index is 478. The highest BCUT2D eigenvalue weighted by Gasteiger charge is 2.22. The highest BCUT2D eigenvalue weighted by atomic mass is 16.6. The van der Waals surface area contributed by atoms with Gasteiger partial charge in [-0.15, -0.1) is 0 Å². The van der Waals surface area contributed by atoms with Crippen molar-refractivity contribution in [3.05, 3.63) is 17.7 Å². The molecule has 1 aliphatic heterocycles. The first kappa shape index (κ1) is 12.5. The Labute approximate surface area is 106 Å². The van der Waals surface area contributed by atoms with Crippen molar-refractivity contribution in [2.45, 2.75) is 32.8 Å². The molecular weight excluding hydrogens is 232 g/mol. The summed E-state index contributed by atoms with van der Waals surface area (Å²) in [6, 6.07) is 3.36. The fourth-order valence-electron chi connectivity index (χ4n) is 1.93. The summed E-state index contributed by atoms with van der Waals surface area (Å²) in [4.78, 5) is 11.7. The van der Waals surface area contributed by atoms with E-state index in [0.717, 1.165) is 24.2 Å². The third-order valence-electron chi connectivity index (χ3n) is 2.61. The number of rotatable bonds is 1. The van der Waals surface area contributed by atoms with Gasteiger partial charge in [-0.25, -0.2) is 4.79 Å². The Morgan fingerprint density at radius 2 is 2.17 bits per heavy atom. The molecule has 5 nitrogen and oxygen atoms in total. The van der Waals surface area contributed by atoms with E-state index in [9.17, 15) is 9.90 Å². The van der Waals surface area contributed by atoms with Gasteiger partial charge in [0.25, 0.3) is 0 Å². The van der Waals surface area contributed by atoms with E-state index in [2.05, 4.69) is 10.6 Å². The number of fused-ring (bicyclic) bond motifs is 1. The SMILES string of the molecule is CC(C)(C)OC(=O)Nc1c(O)ccc2c1CCN2. The molecule has 0 aliphatic carbocycles. The number of hydrogen-bond acceptors (Lipinski definition) is 4. The zero-order chi connectivity index (χ0) is 13.3. The van der Waals surface area contributed by atoms with Crippen LogP contribution in [0.1, 0.15) is 26.3 Å². The molecule has 1 aliphatic rings. The van der Waals surface area contributed by atoms with Gasteiger partial charge >= 0.3 is 6.09 Å². The number of phenolic OH excluding ortho intramolecular Hbond substituents is 1. The molecule has 0 bridgehead atoms. The number of hydrogen-bond donors (Lipinski definition) is 3. The Morgan fingerprint density at radius 1 is 1.44 bits per heavy atom. The maximum atomic E-state index is 11.7. The number of carbonyl (C=O) groups excluding carboxylic acids is 1. The first-order chi connectivity index (χ1) is 8.37. The van der Waals surface area contributed by atoms with Gasteiger partial charge in [0.1, 0.15) is 11.4 Å². The molecule has 18 heavy (non-hydrogen) atoms. The lowest BCUT2D eigenvalue weighted by Gasteiger charge is -2.20. The van der Waals surface area contributed by atoms with Gasteiger partial charge in [-0.2, -0.15) is 0 Å². The van der Waals surface area contributed by atoms with Crippen LogP contribution in [0.5, 0.6) is 5.75 Å². The molecular formula is C13H18N2O3. The quantitative estimate of drug-likeness (QED) is 0.529. The van der Waals surface area contributed by atoms with Gasteiger partial charge in [-0.3, -0.25) is 5.32 Å². The first-order valence-electron chi connectivity index (χ1n) is 5.95. The smallest absolute Gasteiger partial charge is 0.412 e. The molecule has 0 atom stereocenters. The van der Waals surface area contributed by atoms with Gasteiger partial charge in [-0.1, -0.05) is 0 Å². The number of benzene rings is 1. The normalized spacial score (nSPS) is 13.7. The fraction of sp³-hybridized carbons (Fsp3) is 0.462. The first-order valence-corrected chi connectivity index (χ1v) is 5.95. The third-order valence-corrected chi connectivity index (χ3v) is 2.61. The second-order valence-corrected chi connectivity index (χ2v) is 5.29. The average Bonchev–Trinajstić information content (AvgIpc) is 2.67. The van der Waals surface area contributed by atoms with E-state index in [1.165, 1.54) is 0 Å². The molecule has 1 amide bonds. The lowest BCUT2D eigenvalue weighted by atomic mass is 10.1. The number of amides is 1. The number of anilines is 2. The zero-order valence-corrected chi connectivity index (χ0v) is 10.8. The molecule has 98 valence electrons. The third kappa shape index (κ3) is 2.67. The summed E-state index contributed by atoms with van der Waals surface area (Å²) >= 11 is 0. The summed E-state index contributed by atoms with van der Waals surface area (Å²) in [5.41, 5.74) is 1.74. The van der Waals surface area contributed by atoms with Crippen molar-refractivity contribution >= 4 is 17.5 Å². The summed E-state index contributed by atoms with van der Waals surface area (Å²) in [5, 5.41) is 15.6. The Balaban J connectivity index is 2.19. The van der Waals surface area contributed by atoms with Crippen molar-refractivity contribution in [1.82, 2.24) is 0 Å². The summed E-state index contributed by atoms with van der Waals surface area (Å²) in [6.45, 7) is 6.19. The molecule has 2 rings (SSSR count). The lowest BCUT2D eigenvalue weighted by Crippen LogP contribution is -2.27. The monoisotopic (exact) mass is 250 g/mol. The summed E-state index contributed by atoms with van der Waals surface area (Å²) < 4.78 is 5.17. The van der Waals surface area contributed by atoms with Crippen LogP contribution in [0.25, 0.3) is 0 Å². The molecule has 0 radical (unpaired) electrons. The van der Waals surface area contributed by atoms with E-state index in [0.29, 0.717) is 5.69 Å². The summed E-state index contributed by atoms with van der Waals surface area (Å²) in [7, 11) is 0. The van der Waals surface area contributed by atoms with E-state index >= 15 is 0 Å². The van der Waals surface area contributed by atoms with Crippen LogP contribution in [-0.2, 0) is 11.2 Å². The standard InChI is InChI=1S/C13H18N2O3/c1-13(2,3)18-12(17)15-11-8-6-7-14-9(8)4-5-10(11)16/h4-5,14,16H,6-7H2,1-3H3,(H,15,17). The lowest BCUT2D eigenvalue weighted by molar-refractivity contribution is 0.0635. The molecule has 0 fully saturated rings. The van der Waals surface area contributed by atoms with Crippen LogP contribution < -0.4 is 10.6 Å². The minimum Gasteiger partial charge on any atom is -0.506 e. The van der Waals surface area contributed by atoms with Crippen LogP contribution in [0, 0.1) is 0 Å². The van der Waals surface area contributed by atoms with Crippen molar-refractivity contribution in [2.24, 2.45) is 0 Å². The molecule has 0 unspecified atom stereocenters. The molecule has 1 aromatic rings. The summed E-state index contributed by atoms with van der Waals surface area (Å²) in [5.74, 6) is 0.0586. The van der Waals surface area contributed by atoms with E-state index in [4.69, 9.17) is 4.74 Å². The van der Waals surface area contributed by atoms with E-state index in [1.54, 1.807) is 32.9 Å². The molecule has 5 heteroatoms. The molecule has 0 spiro atoms. The molecule has 0 aromatic heterocycles. The van der Waals surface area contributed by atoms with Gasteiger partial charge in [0, 0.05) is 17.8 Å². The largest absolute Gasteiger partial charge is 0.506 e. The van der Waals surface area contributed by atoms with Gasteiger partial charge in [0.15, 0.2) is 0 Å². The minimum atomic E-state index is -0.560. The highest BCUT2D eigenvalue weighted by molar-refractivity contribution is 5.90. The minimum absolute atomic E-state index is 0.0586. The summed E-state index contributed by atoms with van der Waals surface area (Å²) in [6.07, 6.45) is 0.215. The number of carbonyl (C=O) groups is 1. The maximum absolute atomic E-state index is 11.7. The van der Waals surface area contributed by atoms with Crippen LogP contribution in [0.4, 0.5) is 16.2 Å². The van der Waals surface area contributed by atoms with E-state index in [-0.39, 0.29) is 5.75 Å². The number of aromatic hydroxyl groups is 1. The van der Waals surface area contributed by atoms with Crippen LogP contribution in [0.3, 0.4) is 0 Å². The predicted molar refractivity (Wildman–Crippen MR) is 70.2 cm³/mol. The molecule has 3 N–H and O–H groups in total. The number of phenols is 1. The molecule has 1 aromatic carbocycles. The van der Waals surface area contributed by atoms with Crippen LogP contribution in [0.2, 0.25) is 0 Å². The van der Waals surface area contributed by atoms with Gasteiger partial charge in [0.2, 0.25) is 0 Å². The Hall–Kier alpha value is -1.91. The van der Waals surface area contributed by atoms with Crippen LogP contribution >= 0.6 is 0 Å². The molecule has 0 saturated carbocycles.